The Labute approximate surface area is 92.7 Å². The SMILES string of the molecule is OCCCCC(O)c1cccc(Br)c1. The highest BCUT2D eigenvalue weighted by Crippen LogP contribution is 2.22. The molecule has 14 heavy (non-hydrogen) atoms. The van der Waals surface area contributed by atoms with E-state index in [0.29, 0.717) is 6.42 Å². The van der Waals surface area contributed by atoms with E-state index in [9.17, 15) is 5.11 Å². The lowest BCUT2D eigenvalue weighted by molar-refractivity contribution is 0.159. The largest absolute Gasteiger partial charge is 0.396 e. The average molecular weight is 259 g/mol. The van der Waals surface area contributed by atoms with Crippen molar-refractivity contribution >= 4 is 15.9 Å². The molecule has 0 saturated carbocycles. The minimum atomic E-state index is -0.418. The number of aliphatic hydroxyl groups excluding tert-OH is 2. The molecular weight excluding hydrogens is 244 g/mol. The summed E-state index contributed by atoms with van der Waals surface area (Å²) in [6.45, 7) is 0.200. The Bertz CT molecular complexity index is 276. The summed E-state index contributed by atoms with van der Waals surface area (Å²) >= 11 is 3.36. The van der Waals surface area contributed by atoms with Gasteiger partial charge in [0.1, 0.15) is 0 Å². The Morgan fingerprint density at radius 1 is 1.29 bits per heavy atom. The molecule has 78 valence electrons. The van der Waals surface area contributed by atoms with Crippen molar-refractivity contribution < 1.29 is 10.2 Å². The van der Waals surface area contributed by atoms with Gasteiger partial charge in [0.25, 0.3) is 0 Å². The molecule has 1 unspecified atom stereocenters. The molecule has 1 aromatic carbocycles. The van der Waals surface area contributed by atoms with Crippen molar-refractivity contribution in [3.63, 3.8) is 0 Å². The second-order valence-corrected chi connectivity index (χ2v) is 4.21. The fraction of sp³-hybridized carbons (Fsp3) is 0.455. The number of hydrogen-bond acceptors (Lipinski definition) is 2. The normalized spacial score (nSPS) is 12.8. The first-order valence-electron chi connectivity index (χ1n) is 4.78. The molecule has 1 rings (SSSR count). The van der Waals surface area contributed by atoms with Gasteiger partial charge in [-0.25, -0.2) is 0 Å². The van der Waals surface area contributed by atoms with E-state index in [1.807, 2.05) is 24.3 Å². The van der Waals surface area contributed by atoms with Gasteiger partial charge in [-0.2, -0.15) is 0 Å². The van der Waals surface area contributed by atoms with Crippen LogP contribution in [0.3, 0.4) is 0 Å². The van der Waals surface area contributed by atoms with Crippen LogP contribution in [0.1, 0.15) is 30.9 Å². The van der Waals surface area contributed by atoms with Crippen molar-refractivity contribution in [1.29, 1.82) is 0 Å². The number of halogens is 1. The predicted octanol–water partition coefficient (Wildman–Crippen LogP) is 2.65. The van der Waals surface area contributed by atoms with Crippen LogP contribution in [0.2, 0.25) is 0 Å². The van der Waals surface area contributed by atoms with Crippen LogP contribution in [0.5, 0.6) is 0 Å². The Morgan fingerprint density at radius 2 is 2.07 bits per heavy atom. The molecule has 1 atom stereocenters. The number of benzene rings is 1. The molecule has 0 fully saturated rings. The topological polar surface area (TPSA) is 40.5 Å². The van der Waals surface area contributed by atoms with E-state index in [1.165, 1.54) is 0 Å². The smallest absolute Gasteiger partial charge is 0.0790 e. The van der Waals surface area contributed by atoms with Crippen LogP contribution in [0.25, 0.3) is 0 Å². The van der Waals surface area contributed by atoms with Gasteiger partial charge in [0.2, 0.25) is 0 Å². The Hall–Kier alpha value is -0.380. The van der Waals surface area contributed by atoms with Crippen molar-refractivity contribution in [1.82, 2.24) is 0 Å². The third-order valence-electron chi connectivity index (χ3n) is 2.12. The second-order valence-electron chi connectivity index (χ2n) is 3.29. The zero-order valence-corrected chi connectivity index (χ0v) is 9.57. The molecule has 0 bridgehead atoms. The summed E-state index contributed by atoms with van der Waals surface area (Å²) in [4.78, 5) is 0. The molecule has 0 aromatic heterocycles. The number of aliphatic hydroxyl groups is 2. The Morgan fingerprint density at radius 3 is 2.71 bits per heavy atom. The summed E-state index contributed by atoms with van der Waals surface area (Å²) < 4.78 is 0.983. The van der Waals surface area contributed by atoms with E-state index in [2.05, 4.69) is 15.9 Å². The van der Waals surface area contributed by atoms with E-state index in [-0.39, 0.29) is 6.61 Å². The van der Waals surface area contributed by atoms with Crippen molar-refractivity contribution in [2.24, 2.45) is 0 Å². The van der Waals surface area contributed by atoms with Crippen LogP contribution in [0.15, 0.2) is 28.7 Å². The van der Waals surface area contributed by atoms with Gasteiger partial charge in [-0.15, -0.1) is 0 Å². The van der Waals surface area contributed by atoms with E-state index >= 15 is 0 Å². The monoisotopic (exact) mass is 258 g/mol. The molecule has 1 aromatic rings. The third-order valence-corrected chi connectivity index (χ3v) is 2.61. The maximum Gasteiger partial charge on any atom is 0.0790 e. The zero-order valence-electron chi connectivity index (χ0n) is 7.99. The number of unbranched alkanes of at least 4 members (excludes halogenated alkanes) is 1. The molecule has 0 radical (unpaired) electrons. The summed E-state index contributed by atoms with van der Waals surface area (Å²) in [6, 6.07) is 7.68. The zero-order chi connectivity index (χ0) is 10.4. The average Bonchev–Trinajstić information content (AvgIpc) is 2.18. The third kappa shape index (κ3) is 3.78. The van der Waals surface area contributed by atoms with Crippen LogP contribution >= 0.6 is 15.9 Å². The maximum absolute atomic E-state index is 9.77. The van der Waals surface area contributed by atoms with Crippen LogP contribution < -0.4 is 0 Å². The van der Waals surface area contributed by atoms with Crippen molar-refractivity contribution in [2.45, 2.75) is 25.4 Å². The lowest BCUT2D eigenvalue weighted by Gasteiger charge is -2.10. The maximum atomic E-state index is 9.77. The fourth-order valence-corrected chi connectivity index (χ4v) is 1.75. The van der Waals surface area contributed by atoms with Gasteiger partial charge in [-0.1, -0.05) is 28.1 Å². The standard InChI is InChI=1S/C11H15BrO2/c12-10-5-3-4-9(8-10)11(14)6-1-2-7-13/h3-5,8,11,13-14H,1-2,6-7H2. The minimum absolute atomic E-state index is 0.200. The van der Waals surface area contributed by atoms with Crippen molar-refractivity contribution in [2.75, 3.05) is 6.61 Å². The van der Waals surface area contributed by atoms with E-state index in [4.69, 9.17) is 5.11 Å². The van der Waals surface area contributed by atoms with E-state index in [1.54, 1.807) is 0 Å². The van der Waals surface area contributed by atoms with Crippen LogP contribution in [0.4, 0.5) is 0 Å². The quantitative estimate of drug-likeness (QED) is 0.798. The van der Waals surface area contributed by atoms with Gasteiger partial charge in [-0.05, 0) is 37.0 Å². The lowest BCUT2D eigenvalue weighted by Crippen LogP contribution is -1.97. The number of hydrogen-bond donors (Lipinski definition) is 2. The molecular formula is C11H15BrO2. The molecule has 3 heteroatoms. The Balaban J connectivity index is 2.47. The van der Waals surface area contributed by atoms with Gasteiger partial charge in [-0.3, -0.25) is 0 Å². The molecule has 0 spiro atoms. The van der Waals surface area contributed by atoms with Gasteiger partial charge in [0.15, 0.2) is 0 Å². The first-order chi connectivity index (χ1) is 6.74. The summed E-state index contributed by atoms with van der Waals surface area (Å²) in [5.41, 5.74) is 0.928. The minimum Gasteiger partial charge on any atom is -0.396 e. The predicted molar refractivity (Wildman–Crippen MR) is 60.0 cm³/mol. The highest BCUT2D eigenvalue weighted by atomic mass is 79.9. The summed E-state index contributed by atoms with van der Waals surface area (Å²) in [5.74, 6) is 0. The molecule has 0 saturated heterocycles. The van der Waals surface area contributed by atoms with Gasteiger partial charge >= 0.3 is 0 Å². The molecule has 0 aliphatic rings. The van der Waals surface area contributed by atoms with E-state index < -0.39 is 6.10 Å². The summed E-state index contributed by atoms with van der Waals surface area (Å²) in [6.07, 6.45) is 1.89. The fourth-order valence-electron chi connectivity index (χ4n) is 1.33. The van der Waals surface area contributed by atoms with Crippen molar-refractivity contribution in [3.05, 3.63) is 34.3 Å². The Kier molecular flexibility index (Phi) is 5.15. The van der Waals surface area contributed by atoms with Gasteiger partial charge in [0.05, 0.1) is 6.10 Å². The molecule has 0 aliphatic heterocycles. The summed E-state index contributed by atoms with van der Waals surface area (Å²) in [7, 11) is 0. The van der Waals surface area contributed by atoms with Crippen LogP contribution in [-0.2, 0) is 0 Å². The van der Waals surface area contributed by atoms with Gasteiger partial charge < -0.3 is 10.2 Å². The van der Waals surface area contributed by atoms with Gasteiger partial charge in [0, 0.05) is 11.1 Å². The summed E-state index contributed by atoms with van der Waals surface area (Å²) in [5, 5.41) is 18.4. The molecule has 2 N–H and O–H groups in total. The molecule has 2 nitrogen and oxygen atoms in total. The molecule has 0 heterocycles. The second kappa shape index (κ2) is 6.17. The first-order valence-corrected chi connectivity index (χ1v) is 5.57. The highest BCUT2D eigenvalue weighted by molar-refractivity contribution is 9.10. The highest BCUT2D eigenvalue weighted by Gasteiger charge is 2.06. The first kappa shape index (κ1) is 11.7. The van der Waals surface area contributed by atoms with Crippen LogP contribution in [0, 0.1) is 0 Å². The molecule has 0 amide bonds. The molecule has 0 aliphatic carbocycles. The van der Waals surface area contributed by atoms with Crippen molar-refractivity contribution in [3.8, 4) is 0 Å². The van der Waals surface area contributed by atoms with Crippen LogP contribution in [-0.4, -0.2) is 16.8 Å². The number of rotatable bonds is 5. The van der Waals surface area contributed by atoms with E-state index in [0.717, 1.165) is 22.9 Å². The lowest BCUT2D eigenvalue weighted by atomic mass is 10.0.